The zero-order chi connectivity index (χ0) is 8.69. The van der Waals surface area contributed by atoms with Gasteiger partial charge in [-0.25, -0.2) is 0 Å². The molecule has 0 rings (SSSR count). The van der Waals surface area contributed by atoms with Crippen molar-refractivity contribution in [2.24, 2.45) is 5.92 Å². The predicted molar refractivity (Wildman–Crippen MR) is 50.5 cm³/mol. The number of halogens is 2. The van der Waals surface area contributed by atoms with Gasteiger partial charge in [-0.3, -0.25) is 0 Å². The largest absolute Gasteiger partial charge is 0.198 e. The SMILES string of the molecule is N#CCC(Br)C(C#N)CCBr. The van der Waals surface area contributed by atoms with Gasteiger partial charge in [0.05, 0.1) is 18.1 Å². The maximum absolute atomic E-state index is 8.64. The van der Waals surface area contributed by atoms with Crippen molar-refractivity contribution in [2.75, 3.05) is 5.33 Å². The molecule has 0 saturated carbocycles. The molecule has 0 N–H and O–H groups in total. The van der Waals surface area contributed by atoms with Crippen molar-refractivity contribution in [3.63, 3.8) is 0 Å². The van der Waals surface area contributed by atoms with Gasteiger partial charge < -0.3 is 0 Å². The van der Waals surface area contributed by atoms with Gasteiger partial charge in [-0.15, -0.1) is 0 Å². The van der Waals surface area contributed by atoms with E-state index in [1.165, 1.54) is 0 Å². The Labute approximate surface area is 83.4 Å². The van der Waals surface area contributed by atoms with Crippen molar-refractivity contribution < 1.29 is 0 Å². The second kappa shape index (κ2) is 6.64. The molecule has 0 heterocycles. The second-order valence-corrected chi connectivity index (χ2v) is 4.06. The van der Waals surface area contributed by atoms with Crippen molar-refractivity contribution in [1.82, 2.24) is 0 Å². The predicted octanol–water partition coefficient (Wildman–Crippen LogP) is 2.59. The van der Waals surface area contributed by atoms with Crippen LogP contribution in [0.4, 0.5) is 0 Å². The number of rotatable bonds is 4. The molecule has 0 aromatic rings. The number of nitrogens with zero attached hydrogens (tertiary/aromatic N) is 2. The van der Waals surface area contributed by atoms with E-state index >= 15 is 0 Å². The Hall–Kier alpha value is -0.0600. The Morgan fingerprint density at radius 3 is 2.36 bits per heavy atom. The normalized spacial score (nSPS) is 14.5. The smallest absolute Gasteiger partial charge is 0.0668 e. The van der Waals surface area contributed by atoms with Crippen LogP contribution >= 0.6 is 31.9 Å². The van der Waals surface area contributed by atoms with Crippen molar-refractivity contribution in [3.8, 4) is 12.1 Å². The minimum atomic E-state index is -0.0611. The summed E-state index contributed by atoms with van der Waals surface area (Å²) in [5, 5.41) is 17.8. The fourth-order valence-corrected chi connectivity index (χ4v) is 1.69. The van der Waals surface area contributed by atoms with E-state index in [2.05, 4.69) is 37.9 Å². The minimum Gasteiger partial charge on any atom is -0.198 e. The first-order chi connectivity index (χ1) is 5.26. The van der Waals surface area contributed by atoms with E-state index in [1.54, 1.807) is 0 Å². The average molecular weight is 280 g/mol. The lowest BCUT2D eigenvalue weighted by atomic mass is 10.0. The Morgan fingerprint density at radius 2 is 2.00 bits per heavy atom. The van der Waals surface area contributed by atoms with Crippen LogP contribution in [-0.2, 0) is 0 Å². The molecule has 0 saturated heterocycles. The van der Waals surface area contributed by atoms with Gasteiger partial charge in [-0.1, -0.05) is 31.9 Å². The average Bonchev–Trinajstić information content (AvgIpc) is 2.00. The topological polar surface area (TPSA) is 47.6 Å². The molecule has 0 fully saturated rings. The molecule has 0 spiro atoms. The zero-order valence-corrected chi connectivity index (χ0v) is 9.10. The molecule has 0 aliphatic heterocycles. The van der Waals surface area contributed by atoms with Crippen LogP contribution in [0, 0.1) is 28.6 Å². The molecule has 0 amide bonds. The molecule has 0 aliphatic rings. The van der Waals surface area contributed by atoms with Gasteiger partial charge in [-0.2, -0.15) is 10.5 Å². The van der Waals surface area contributed by atoms with Crippen LogP contribution < -0.4 is 0 Å². The molecule has 0 aliphatic carbocycles. The van der Waals surface area contributed by atoms with Gasteiger partial charge >= 0.3 is 0 Å². The van der Waals surface area contributed by atoms with Gasteiger partial charge in [0.2, 0.25) is 0 Å². The number of nitriles is 2. The highest BCUT2D eigenvalue weighted by atomic mass is 79.9. The van der Waals surface area contributed by atoms with E-state index in [4.69, 9.17) is 10.5 Å². The Kier molecular flexibility index (Phi) is 6.60. The quantitative estimate of drug-likeness (QED) is 0.743. The summed E-state index contributed by atoms with van der Waals surface area (Å²) in [5.74, 6) is -0.0611. The first-order valence-corrected chi connectivity index (χ1v) is 5.26. The molecule has 2 nitrogen and oxygen atoms in total. The van der Waals surface area contributed by atoms with Crippen molar-refractivity contribution >= 4 is 31.9 Å². The highest BCUT2D eigenvalue weighted by Gasteiger charge is 2.16. The summed E-state index contributed by atoms with van der Waals surface area (Å²) < 4.78 is 0. The van der Waals surface area contributed by atoms with Crippen LogP contribution in [0.15, 0.2) is 0 Å². The molecular formula is C7H8Br2N2. The third-order valence-electron chi connectivity index (χ3n) is 1.31. The zero-order valence-electron chi connectivity index (χ0n) is 5.93. The van der Waals surface area contributed by atoms with Crippen LogP contribution in [-0.4, -0.2) is 10.2 Å². The van der Waals surface area contributed by atoms with Crippen LogP contribution in [0.1, 0.15) is 12.8 Å². The standard InChI is InChI=1S/C7H8Br2N2/c8-3-1-6(5-11)7(9)2-4-10/h6-7H,1-3H2. The van der Waals surface area contributed by atoms with Crippen molar-refractivity contribution in [1.29, 1.82) is 10.5 Å². The van der Waals surface area contributed by atoms with E-state index in [0.29, 0.717) is 6.42 Å². The number of hydrogen-bond donors (Lipinski definition) is 0. The molecule has 0 radical (unpaired) electrons. The minimum absolute atomic E-state index is 0.00931. The van der Waals surface area contributed by atoms with Gasteiger partial charge in [-0.05, 0) is 6.42 Å². The highest BCUT2D eigenvalue weighted by Crippen LogP contribution is 2.19. The molecule has 4 heteroatoms. The molecular weight excluding hydrogens is 272 g/mol. The maximum atomic E-state index is 8.64. The fourth-order valence-electron chi connectivity index (χ4n) is 0.673. The Balaban J connectivity index is 3.86. The number of alkyl halides is 2. The third kappa shape index (κ3) is 4.40. The van der Waals surface area contributed by atoms with Crippen LogP contribution in [0.25, 0.3) is 0 Å². The molecule has 0 aromatic heterocycles. The summed E-state index contributed by atoms with van der Waals surface area (Å²) in [6, 6.07) is 4.19. The summed E-state index contributed by atoms with van der Waals surface area (Å²) in [6.07, 6.45) is 1.18. The van der Waals surface area contributed by atoms with E-state index in [1.807, 2.05) is 6.07 Å². The van der Waals surface area contributed by atoms with Gasteiger partial charge in [0.15, 0.2) is 0 Å². The van der Waals surface area contributed by atoms with Crippen molar-refractivity contribution in [3.05, 3.63) is 0 Å². The van der Waals surface area contributed by atoms with E-state index < -0.39 is 0 Å². The fraction of sp³-hybridized carbons (Fsp3) is 0.714. The summed E-state index contributed by atoms with van der Waals surface area (Å²) in [4.78, 5) is 0.00931. The lowest BCUT2D eigenvalue weighted by Gasteiger charge is -2.10. The first-order valence-electron chi connectivity index (χ1n) is 3.22. The maximum Gasteiger partial charge on any atom is 0.0668 e. The van der Waals surface area contributed by atoms with Gasteiger partial charge in [0.1, 0.15) is 0 Å². The van der Waals surface area contributed by atoms with Crippen LogP contribution in [0.3, 0.4) is 0 Å². The second-order valence-electron chi connectivity index (χ2n) is 2.09. The lowest BCUT2D eigenvalue weighted by Crippen LogP contribution is -2.12. The van der Waals surface area contributed by atoms with E-state index in [-0.39, 0.29) is 10.7 Å². The van der Waals surface area contributed by atoms with Gasteiger partial charge in [0.25, 0.3) is 0 Å². The Bertz CT molecular complexity index is 180. The molecule has 11 heavy (non-hydrogen) atoms. The third-order valence-corrected chi connectivity index (χ3v) is 2.73. The first kappa shape index (κ1) is 10.9. The highest BCUT2D eigenvalue weighted by molar-refractivity contribution is 9.09. The monoisotopic (exact) mass is 278 g/mol. The summed E-state index contributed by atoms with van der Waals surface area (Å²) in [6.45, 7) is 0. The summed E-state index contributed by atoms with van der Waals surface area (Å²) in [5.41, 5.74) is 0. The number of hydrogen-bond acceptors (Lipinski definition) is 2. The van der Waals surface area contributed by atoms with Crippen LogP contribution in [0.2, 0.25) is 0 Å². The Morgan fingerprint density at radius 1 is 1.36 bits per heavy atom. The molecule has 2 atom stereocenters. The van der Waals surface area contributed by atoms with Gasteiger partial charge in [0, 0.05) is 16.6 Å². The summed E-state index contributed by atoms with van der Waals surface area (Å²) >= 11 is 6.56. The molecule has 0 aromatic carbocycles. The lowest BCUT2D eigenvalue weighted by molar-refractivity contribution is 0.625. The molecule has 2 unspecified atom stereocenters. The summed E-state index contributed by atoms with van der Waals surface area (Å²) in [7, 11) is 0. The molecule has 0 bridgehead atoms. The van der Waals surface area contributed by atoms with E-state index in [9.17, 15) is 0 Å². The van der Waals surface area contributed by atoms with Crippen LogP contribution in [0.5, 0.6) is 0 Å². The molecule has 60 valence electrons. The van der Waals surface area contributed by atoms with E-state index in [0.717, 1.165) is 11.8 Å². The van der Waals surface area contributed by atoms with Crippen molar-refractivity contribution in [2.45, 2.75) is 17.7 Å².